The zero-order chi connectivity index (χ0) is 17.3. The Kier molecular flexibility index (Phi) is 4.29. The number of piperidine rings is 1. The van der Waals surface area contributed by atoms with Gasteiger partial charge < -0.3 is 10.0 Å². The monoisotopic (exact) mass is 340 g/mol. The second-order valence-electron chi connectivity index (χ2n) is 7.38. The van der Waals surface area contributed by atoms with Gasteiger partial charge in [-0.2, -0.15) is 0 Å². The lowest BCUT2D eigenvalue weighted by atomic mass is 9.92. The number of benzene rings is 1. The Balaban J connectivity index is 1.41. The van der Waals surface area contributed by atoms with Crippen LogP contribution in [-0.2, 0) is 30.6 Å². The molecule has 0 radical (unpaired) electrons. The predicted molar refractivity (Wildman–Crippen MR) is 93.0 cm³/mol. The molecule has 0 bridgehead atoms. The molecule has 0 saturated carbocycles. The predicted octanol–water partition coefficient (Wildman–Crippen LogP) is 1.36. The first kappa shape index (κ1) is 16.3. The molecule has 1 amide bonds. The molecule has 1 aromatic heterocycles. The number of aliphatic hydroxyl groups is 1. The van der Waals surface area contributed by atoms with Gasteiger partial charge in [0.15, 0.2) is 0 Å². The van der Waals surface area contributed by atoms with Gasteiger partial charge in [0.2, 0.25) is 5.91 Å². The molecule has 1 fully saturated rings. The number of hydrogen-bond acceptors (Lipinski definition) is 4. The lowest BCUT2D eigenvalue weighted by Crippen LogP contribution is -2.52. The van der Waals surface area contributed by atoms with Crippen LogP contribution in [0.1, 0.15) is 36.0 Å². The second-order valence-corrected chi connectivity index (χ2v) is 7.38. The summed E-state index contributed by atoms with van der Waals surface area (Å²) in [7, 11) is 0. The smallest absolute Gasteiger partial charge is 0.227 e. The fourth-order valence-corrected chi connectivity index (χ4v) is 4.09. The third-order valence-corrected chi connectivity index (χ3v) is 5.35. The van der Waals surface area contributed by atoms with Crippen molar-refractivity contribution in [3.05, 3.63) is 47.3 Å². The van der Waals surface area contributed by atoms with Crippen LogP contribution in [0.5, 0.6) is 0 Å². The largest absolute Gasteiger partial charge is 0.386 e. The summed E-state index contributed by atoms with van der Waals surface area (Å²) in [5, 5.41) is 18.6. The molecule has 2 aromatic rings. The van der Waals surface area contributed by atoms with Gasteiger partial charge in [0.25, 0.3) is 0 Å². The molecule has 1 atom stereocenters. The zero-order valence-electron chi connectivity index (χ0n) is 14.4. The molecule has 25 heavy (non-hydrogen) atoms. The van der Waals surface area contributed by atoms with Crippen LogP contribution in [0.2, 0.25) is 0 Å². The Morgan fingerprint density at radius 3 is 2.96 bits per heavy atom. The number of hydrogen-bond donors (Lipinski definition) is 1. The van der Waals surface area contributed by atoms with Gasteiger partial charge in [-0.15, -0.1) is 5.10 Å². The number of carbonyl (C=O) groups is 1. The topological polar surface area (TPSA) is 71.2 Å². The molecule has 1 aliphatic carbocycles. The van der Waals surface area contributed by atoms with Crippen LogP contribution in [-0.4, -0.2) is 49.6 Å². The Bertz CT molecular complexity index is 759. The second kappa shape index (κ2) is 6.59. The van der Waals surface area contributed by atoms with Gasteiger partial charge in [-0.25, -0.2) is 4.68 Å². The van der Waals surface area contributed by atoms with E-state index < -0.39 is 5.60 Å². The number of nitrogens with zero attached hydrogens (tertiary/aromatic N) is 4. The van der Waals surface area contributed by atoms with Gasteiger partial charge in [-0.3, -0.25) is 4.79 Å². The van der Waals surface area contributed by atoms with Crippen LogP contribution in [0.3, 0.4) is 0 Å². The highest BCUT2D eigenvalue weighted by Crippen LogP contribution is 2.25. The number of aryl methyl sites for hydroxylation is 2. The molecule has 132 valence electrons. The van der Waals surface area contributed by atoms with Gasteiger partial charge >= 0.3 is 0 Å². The maximum atomic E-state index is 12.7. The minimum atomic E-state index is -0.931. The maximum absolute atomic E-state index is 12.7. The first-order valence-electron chi connectivity index (χ1n) is 9.06. The van der Waals surface area contributed by atoms with Gasteiger partial charge in [0, 0.05) is 12.7 Å². The summed E-state index contributed by atoms with van der Waals surface area (Å²) in [6, 6.07) is 6.43. The average molecular weight is 340 g/mol. The fraction of sp³-hybridized carbons (Fsp3) is 0.526. The highest BCUT2D eigenvalue weighted by atomic mass is 16.3. The van der Waals surface area contributed by atoms with Crippen molar-refractivity contribution in [3.8, 4) is 0 Å². The molecule has 1 saturated heterocycles. The van der Waals surface area contributed by atoms with Crippen molar-refractivity contribution in [1.82, 2.24) is 19.9 Å². The number of carbonyl (C=O) groups excluding carboxylic acids is 1. The Morgan fingerprint density at radius 2 is 2.12 bits per heavy atom. The number of β-amino-alcohol motifs (C(OH)–C–C–N with tert-alkyl or cyclic N) is 1. The molecule has 2 aliphatic rings. The molecule has 1 N–H and O–H groups in total. The van der Waals surface area contributed by atoms with Crippen molar-refractivity contribution in [2.45, 2.75) is 50.7 Å². The van der Waals surface area contributed by atoms with Crippen LogP contribution in [0.4, 0.5) is 0 Å². The van der Waals surface area contributed by atoms with E-state index in [1.54, 1.807) is 22.0 Å². The van der Waals surface area contributed by atoms with E-state index in [1.807, 2.05) is 0 Å². The maximum Gasteiger partial charge on any atom is 0.227 e. The minimum absolute atomic E-state index is 0.0923. The van der Waals surface area contributed by atoms with E-state index in [2.05, 4.69) is 28.5 Å². The van der Waals surface area contributed by atoms with Crippen molar-refractivity contribution < 1.29 is 9.90 Å². The van der Waals surface area contributed by atoms with E-state index in [-0.39, 0.29) is 5.91 Å². The first-order valence-corrected chi connectivity index (χ1v) is 9.06. The number of rotatable bonds is 4. The van der Waals surface area contributed by atoms with E-state index in [0.717, 1.165) is 24.8 Å². The summed E-state index contributed by atoms with van der Waals surface area (Å²) in [6.07, 6.45) is 8.73. The van der Waals surface area contributed by atoms with Crippen molar-refractivity contribution in [2.75, 3.05) is 13.1 Å². The highest BCUT2D eigenvalue weighted by molar-refractivity contribution is 5.79. The fourth-order valence-electron chi connectivity index (χ4n) is 4.09. The van der Waals surface area contributed by atoms with Gasteiger partial charge in [-0.05, 0) is 48.8 Å². The van der Waals surface area contributed by atoms with Crippen molar-refractivity contribution in [1.29, 1.82) is 0 Å². The van der Waals surface area contributed by atoms with Crippen molar-refractivity contribution in [3.63, 3.8) is 0 Å². The SMILES string of the molecule is O=C(Cc1ccc2c(c1)CCC2)N1CCCC(O)(Cn2ccnn2)C1. The van der Waals surface area contributed by atoms with Gasteiger partial charge in [-0.1, -0.05) is 23.4 Å². The summed E-state index contributed by atoms with van der Waals surface area (Å²) < 4.78 is 1.63. The molecule has 4 rings (SSSR count). The molecular formula is C19H24N4O2. The molecule has 6 heteroatoms. The van der Waals surface area contributed by atoms with Crippen LogP contribution in [0.15, 0.2) is 30.6 Å². The number of aromatic nitrogens is 3. The van der Waals surface area contributed by atoms with Crippen LogP contribution < -0.4 is 0 Å². The number of likely N-dealkylation sites (tertiary alicyclic amines) is 1. The van der Waals surface area contributed by atoms with Crippen molar-refractivity contribution in [2.24, 2.45) is 0 Å². The molecule has 1 unspecified atom stereocenters. The normalized spacial score (nSPS) is 22.8. The summed E-state index contributed by atoms with van der Waals surface area (Å²) >= 11 is 0. The van der Waals surface area contributed by atoms with Crippen LogP contribution in [0.25, 0.3) is 0 Å². The Hall–Kier alpha value is -2.21. The highest BCUT2D eigenvalue weighted by Gasteiger charge is 2.35. The lowest BCUT2D eigenvalue weighted by Gasteiger charge is -2.39. The van der Waals surface area contributed by atoms with Gasteiger partial charge in [0.05, 0.1) is 25.7 Å². The molecule has 1 aromatic carbocycles. The van der Waals surface area contributed by atoms with Crippen LogP contribution >= 0.6 is 0 Å². The third kappa shape index (κ3) is 3.58. The average Bonchev–Trinajstić information content (AvgIpc) is 3.25. The van der Waals surface area contributed by atoms with Crippen molar-refractivity contribution >= 4 is 5.91 Å². The summed E-state index contributed by atoms with van der Waals surface area (Å²) in [4.78, 5) is 14.5. The molecule has 1 aliphatic heterocycles. The summed E-state index contributed by atoms with van der Waals surface area (Å²) in [5.41, 5.74) is 2.97. The molecular weight excluding hydrogens is 316 g/mol. The molecule has 2 heterocycles. The molecule has 6 nitrogen and oxygen atoms in total. The van der Waals surface area contributed by atoms with E-state index in [4.69, 9.17) is 0 Å². The van der Waals surface area contributed by atoms with Crippen LogP contribution in [0, 0.1) is 0 Å². The van der Waals surface area contributed by atoms with E-state index in [0.29, 0.717) is 32.5 Å². The van der Waals surface area contributed by atoms with E-state index in [1.165, 1.54) is 17.5 Å². The quantitative estimate of drug-likeness (QED) is 0.912. The first-order chi connectivity index (χ1) is 12.1. The molecule has 0 spiro atoms. The lowest BCUT2D eigenvalue weighted by molar-refractivity contribution is -0.138. The van der Waals surface area contributed by atoms with Gasteiger partial charge in [0.1, 0.15) is 5.60 Å². The zero-order valence-corrected chi connectivity index (χ0v) is 14.4. The number of fused-ring (bicyclic) bond motifs is 1. The van der Waals surface area contributed by atoms with E-state index >= 15 is 0 Å². The summed E-state index contributed by atoms with van der Waals surface area (Å²) in [6.45, 7) is 1.44. The Morgan fingerprint density at radius 1 is 1.24 bits per heavy atom. The Labute approximate surface area is 147 Å². The standard InChI is InChI=1S/C19H24N4O2/c24-18(12-15-5-6-16-3-1-4-17(16)11-15)22-9-2-7-19(25,13-22)14-23-10-8-20-21-23/h5-6,8,10-11,25H,1-4,7,9,12-14H2. The summed E-state index contributed by atoms with van der Waals surface area (Å²) in [5.74, 6) is 0.0923. The minimum Gasteiger partial charge on any atom is -0.386 e. The number of amides is 1. The van der Waals surface area contributed by atoms with E-state index in [9.17, 15) is 9.90 Å². The third-order valence-electron chi connectivity index (χ3n) is 5.35.